The van der Waals surface area contributed by atoms with E-state index in [2.05, 4.69) is 58.3 Å². The van der Waals surface area contributed by atoms with Gasteiger partial charge in [-0.3, -0.25) is 9.79 Å². The Morgan fingerprint density at radius 1 is 1.35 bits per heavy atom. The number of carbonyl (C=O) groups excluding carboxylic acids is 1. The molecule has 0 aliphatic carbocycles. The fourth-order valence-corrected chi connectivity index (χ4v) is 4.18. The van der Waals surface area contributed by atoms with Crippen molar-refractivity contribution in [3.63, 3.8) is 0 Å². The van der Waals surface area contributed by atoms with Gasteiger partial charge in [0.05, 0.1) is 0 Å². The molecular weight excluding hydrogens is 459 g/mol. The number of thioether (sulfide) groups is 1. The molecule has 7 heteroatoms. The summed E-state index contributed by atoms with van der Waals surface area (Å²) in [5.74, 6) is 2.81. The highest BCUT2D eigenvalue weighted by Crippen LogP contribution is 2.24. The molecule has 1 saturated heterocycles. The van der Waals surface area contributed by atoms with Crippen LogP contribution in [0.5, 0.6) is 0 Å². The van der Waals surface area contributed by atoms with Gasteiger partial charge in [0.2, 0.25) is 5.91 Å². The number of nitrogens with one attached hydrogen (secondary N) is 2. The Balaban J connectivity index is 0.00000338. The van der Waals surface area contributed by atoms with E-state index in [9.17, 15) is 4.79 Å². The van der Waals surface area contributed by atoms with Gasteiger partial charge in [-0.25, -0.2) is 0 Å². The Morgan fingerprint density at radius 2 is 2.04 bits per heavy atom. The number of carbonyl (C=O) groups is 1. The van der Waals surface area contributed by atoms with Crippen LogP contribution < -0.4 is 10.6 Å². The summed E-state index contributed by atoms with van der Waals surface area (Å²) in [6.07, 6.45) is 0.926. The summed E-state index contributed by atoms with van der Waals surface area (Å²) >= 11 is 2.07. The zero-order valence-corrected chi connectivity index (χ0v) is 19.3. The average Bonchev–Trinajstić information content (AvgIpc) is 2.60. The van der Waals surface area contributed by atoms with Crippen LogP contribution in [0.2, 0.25) is 0 Å². The van der Waals surface area contributed by atoms with Crippen LogP contribution in [0.4, 0.5) is 5.69 Å². The van der Waals surface area contributed by atoms with Gasteiger partial charge in [-0.1, -0.05) is 26.0 Å². The van der Waals surface area contributed by atoms with Gasteiger partial charge in [0.25, 0.3) is 0 Å². The summed E-state index contributed by atoms with van der Waals surface area (Å²) in [6.45, 7) is 9.07. The Labute approximate surface area is 178 Å². The zero-order chi connectivity index (χ0) is 18.2. The van der Waals surface area contributed by atoms with Crippen LogP contribution in [0.3, 0.4) is 0 Å². The lowest BCUT2D eigenvalue weighted by atomic mass is 10.1. The average molecular weight is 490 g/mol. The molecule has 26 heavy (non-hydrogen) atoms. The highest BCUT2D eigenvalue weighted by Gasteiger charge is 2.24. The minimum atomic E-state index is -0.0439. The highest BCUT2D eigenvalue weighted by molar-refractivity contribution is 14.0. The molecule has 0 saturated carbocycles. The number of hydrogen-bond donors (Lipinski definition) is 2. The Bertz CT molecular complexity index is 592. The molecule has 2 N–H and O–H groups in total. The van der Waals surface area contributed by atoms with Crippen molar-refractivity contribution in [2.24, 2.45) is 10.9 Å². The summed E-state index contributed by atoms with van der Waals surface area (Å²) in [5, 5.41) is 6.95. The predicted molar refractivity (Wildman–Crippen MR) is 124 cm³/mol. The van der Waals surface area contributed by atoms with Crippen LogP contribution >= 0.6 is 35.7 Å². The van der Waals surface area contributed by atoms with E-state index >= 15 is 0 Å². The Morgan fingerprint density at radius 3 is 2.62 bits per heavy atom. The van der Waals surface area contributed by atoms with Gasteiger partial charge < -0.3 is 15.5 Å². The van der Waals surface area contributed by atoms with Crippen LogP contribution in [-0.4, -0.2) is 54.5 Å². The van der Waals surface area contributed by atoms with Crippen molar-refractivity contribution in [2.45, 2.75) is 32.4 Å². The van der Waals surface area contributed by atoms with Gasteiger partial charge in [-0.05, 0) is 30.0 Å². The first-order valence-electron chi connectivity index (χ1n) is 8.93. The van der Waals surface area contributed by atoms with Crippen molar-refractivity contribution in [2.75, 3.05) is 37.8 Å². The Hall–Kier alpha value is -0.960. The van der Waals surface area contributed by atoms with Gasteiger partial charge in [0.1, 0.15) is 0 Å². The number of amides is 1. The first kappa shape index (κ1) is 23.1. The number of rotatable bonds is 5. The molecular formula is C19H31IN4OS. The molecule has 0 bridgehead atoms. The van der Waals surface area contributed by atoms with Crippen molar-refractivity contribution in [1.82, 2.24) is 10.2 Å². The van der Waals surface area contributed by atoms with Crippen LogP contribution in [0.1, 0.15) is 26.3 Å². The van der Waals surface area contributed by atoms with Gasteiger partial charge in [-0.2, -0.15) is 11.8 Å². The standard InChI is InChI=1S/C19H30N4OS.HI/c1-14(2)18-13-23(11-12-25-18)19(20-4)21-10-9-16-5-7-17(8-6-16)22-15(3)24;/h5-8,14,18H,9-13H2,1-4H3,(H,20,21)(H,22,24);1H. The molecule has 146 valence electrons. The molecule has 1 heterocycles. The van der Waals surface area contributed by atoms with E-state index in [1.807, 2.05) is 19.2 Å². The van der Waals surface area contributed by atoms with Crippen LogP contribution in [-0.2, 0) is 11.2 Å². The Kier molecular flexibility index (Phi) is 10.4. The lowest BCUT2D eigenvalue weighted by Gasteiger charge is -2.36. The smallest absolute Gasteiger partial charge is 0.221 e. The first-order chi connectivity index (χ1) is 12.0. The summed E-state index contributed by atoms with van der Waals surface area (Å²) in [7, 11) is 1.86. The van der Waals surface area contributed by atoms with Crippen molar-refractivity contribution >= 4 is 53.3 Å². The lowest BCUT2D eigenvalue weighted by Crippen LogP contribution is -2.49. The van der Waals surface area contributed by atoms with E-state index in [1.165, 1.54) is 12.5 Å². The number of guanidine groups is 1. The maximum atomic E-state index is 11.1. The van der Waals surface area contributed by atoms with E-state index in [4.69, 9.17) is 0 Å². The number of halogens is 1. The van der Waals surface area contributed by atoms with Crippen LogP contribution in [0.15, 0.2) is 29.3 Å². The molecule has 5 nitrogen and oxygen atoms in total. The zero-order valence-electron chi connectivity index (χ0n) is 16.1. The van der Waals surface area contributed by atoms with Crippen molar-refractivity contribution in [3.05, 3.63) is 29.8 Å². The molecule has 1 atom stereocenters. The number of benzene rings is 1. The van der Waals surface area contributed by atoms with Gasteiger partial charge >= 0.3 is 0 Å². The quantitative estimate of drug-likeness (QED) is 0.377. The third-order valence-electron chi connectivity index (χ3n) is 4.32. The van der Waals surface area contributed by atoms with Crippen molar-refractivity contribution in [3.8, 4) is 0 Å². The minimum Gasteiger partial charge on any atom is -0.356 e. The molecule has 1 aromatic carbocycles. The maximum Gasteiger partial charge on any atom is 0.221 e. The number of anilines is 1. The largest absolute Gasteiger partial charge is 0.356 e. The molecule has 1 aromatic rings. The van der Waals surface area contributed by atoms with Crippen LogP contribution in [0, 0.1) is 5.92 Å². The molecule has 0 radical (unpaired) electrons. The maximum absolute atomic E-state index is 11.1. The molecule has 0 spiro atoms. The van der Waals surface area contributed by atoms with Crippen molar-refractivity contribution in [1.29, 1.82) is 0 Å². The summed E-state index contributed by atoms with van der Waals surface area (Å²) < 4.78 is 0. The molecule has 2 rings (SSSR count). The molecule has 1 aliphatic heterocycles. The van der Waals surface area contributed by atoms with Crippen molar-refractivity contribution < 1.29 is 4.79 Å². The van der Waals surface area contributed by atoms with E-state index in [-0.39, 0.29) is 29.9 Å². The normalized spacial score (nSPS) is 17.7. The van der Waals surface area contributed by atoms with E-state index < -0.39 is 0 Å². The van der Waals surface area contributed by atoms with E-state index in [0.717, 1.165) is 43.5 Å². The topological polar surface area (TPSA) is 56.7 Å². The highest BCUT2D eigenvalue weighted by atomic mass is 127. The second-order valence-electron chi connectivity index (χ2n) is 6.70. The summed E-state index contributed by atoms with van der Waals surface area (Å²) in [6, 6.07) is 8.01. The first-order valence-corrected chi connectivity index (χ1v) is 9.98. The minimum absolute atomic E-state index is 0. The van der Waals surface area contributed by atoms with E-state index in [1.54, 1.807) is 0 Å². The van der Waals surface area contributed by atoms with Gasteiger partial charge in [-0.15, -0.1) is 24.0 Å². The second kappa shape index (κ2) is 11.7. The molecule has 1 amide bonds. The summed E-state index contributed by atoms with van der Waals surface area (Å²) in [5.41, 5.74) is 2.08. The van der Waals surface area contributed by atoms with E-state index in [0.29, 0.717) is 11.2 Å². The lowest BCUT2D eigenvalue weighted by molar-refractivity contribution is -0.114. The SMILES string of the molecule is CN=C(NCCc1ccc(NC(C)=O)cc1)N1CCSC(C(C)C)C1.I. The number of nitrogens with zero attached hydrogens (tertiary/aromatic N) is 2. The number of hydrogen-bond acceptors (Lipinski definition) is 3. The number of aliphatic imine (C=N–C) groups is 1. The fourth-order valence-electron chi connectivity index (χ4n) is 2.88. The third kappa shape index (κ3) is 7.34. The molecule has 1 aliphatic rings. The third-order valence-corrected chi connectivity index (χ3v) is 5.86. The predicted octanol–water partition coefficient (Wildman–Crippen LogP) is 3.45. The van der Waals surface area contributed by atoms with Crippen LogP contribution in [0.25, 0.3) is 0 Å². The van der Waals surface area contributed by atoms with Gasteiger partial charge in [0.15, 0.2) is 5.96 Å². The monoisotopic (exact) mass is 490 g/mol. The van der Waals surface area contributed by atoms with Gasteiger partial charge in [0, 0.05) is 50.3 Å². The fraction of sp³-hybridized carbons (Fsp3) is 0.579. The molecule has 1 unspecified atom stereocenters. The molecule has 1 fully saturated rings. The summed E-state index contributed by atoms with van der Waals surface area (Å²) in [4.78, 5) is 17.9. The molecule has 0 aromatic heterocycles. The second-order valence-corrected chi connectivity index (χ2v) is 8.05.